The molecule has 0 radical (unpaired) electrons. The molecule has 0 aliphatic heterocycles. The Balaban J connectivity index is 1.63. The average Bonchev–Trinajstić information content (AvgIpc) is 2.86. The summed E-state index contributed by atoms with van der Waals surface area (Å²) in [7, 11) is 0. The van der Waals surface area contributed by atoms with E-state index in [2.05, 4.69) is 5.32 Å². The molecule has 3 nitrogen and oxygen atoms in total. The molecule has 5 atom stereocenters. The Bertz CT molecular complexity index is 279. The highest BCUT2D eigenvalue weighted by atomic mass is 16.1. The predicted octanol–water partition coefficient (Wildman–Crippen LogP) is 0.886. The molecule has 0 saturated heterocycles. The Hall–Kier alpha value is -0.570. The van der Waals surface area contributed by atoms with Crippen LogP contribution in [-0.4, -0.2) is 18.5 Å². The molecule has 3 saturated carbocycles. The Morgan fingerprint density at radius 3 is 2.80 bits per heavy atom. The van der Waals surface area contributed by atoms with Gasteiger partial charge in [-0.1, -0.05) is 6.42 Å². The lowest BCUT2D eigenvalue weighted by molar-refractivity contribution is -0.117. The van der Waals surface area contributed by atoms with Gasteiger partial charge in [-0.25, -0.2) is 0 Å². The minimum Gasteiger partial charge on any atom is -0.369 e. The van der Waals surface area contributed by atoms with E-state index in [4.69, 9.17) is 5.73 Å². The summed E-state index contributed by atoms with van der Waals surface area (Å²) >= 11 is 0. The van der Waals surface area contributed by atoms with E-state index in [1.807, 2.05) is 0 Å². The number of nitrogens with two attached hydrogens (primary N) is 1. The first-order valence-electron chi connectivity index (χ1n) is 6.27. The van der Waals surface area contributed by atoms with Gasteiger partial charge in [-0.05, 0) is 49.4 Å². The molecule has 0 spiro atoms. The van der Waals surface area contributed by atoms with Gasteiger partial charge < -0.3 is 11.1 Å². The standard InChI is InChI=1S/C12H20N2O/c13-12(15)6-14-11-5-7-4-10(11)9-3-1-2-8(7)9/h7-11,14H,1-6H2,(H2,13,15). The van der Waals surface area contributed by atoms with E-state index < -0.39 is 0 Å². The van der Waals surface area contributed by atoms with E-state index in [-0.39, 0.29) is 5.91 Å². The van der Waals surface area contributed by atoms with Gasteiger partial charge in [0, 0.05) is 6.04 Å². The number of fused-ring (bicyclic) bond motifs is 5. The van der Waals surface area contributed by atoms with Crippen LogP contribution in [0.1, 0.15) is 32.1 Å². The molecule has 15 heavy (non-hydrogen) atoms. The van der Waals surface area contributed by atoms with Gasteiger partial charge in [0.15, 0.2) is 0 Å². The second-order valence-electron chi connectivity index (χ2n) is 5.61. The van der Waals surface area contributed by atoms with Crippen molar-refractivity contribution in [2.24, 2.45) is 29.4 Å². The third-order valence-electron chi connectivity index (χ3n) is 4.97. The second kappa shape index (κ2) is 3.48. The summed E-state index contributed by atoms with van der Waals surface area (Å²) in [6.07, 6.45) is 7.03. The topological polar surface area (TPSA) is 55.1 Å². The molecular formula is C12H20N2O. The zero-order valence-corrected chi connectivity index (χ0v) is 9.11. The van der Waals surface area contributed by atoms with Crippen LogP contribution in [0.15, 0.2) is 0 Å². The average molecular weight is 208 g/mol. The first kappa shape index (κ1) is 9.64. The molecule has 3 aliphatic carbocycles. The number of carbonyl (C=O) groups excluding carboxylic acids is 1. The molecule has 0 aromatic carbocycles. The maximum Gasteiger partial charge on any atom is 0.231 e. The van der Waals surface area contributed by atoms with Crippen molar-refractivity contribution in [2.45, 2.75) is 38.1 Å². The lowest BCUT2D eigenvalue weighted by Crippen LogP contribution is -2.42. The minimum absolute atomic E-state index is 0.222. The lowest BCUT2D eigenvalue weighted by Gasteiger charge is -2.31. The predicted molar refractivity (Wildman–Crippen MR) is 58.0 cm³/mol. The third-order valence-corrected chi connectivity index (χ3v) is 4.97. The van der Waals surface area contributed by atoms with E-state index in [9.17, 15) is 4.79 Å². The molecule has 0 aromatic heterocycles. The van der Waals surface area contributed by atoms with E-state index >= 15 is 0 Å². The zero-order valence-electron chi connectivity index (χ0n) is 9.11. The normalized spacial score (nSPS) is 47.1. The van der Waals surface area contributed by atoms with E-state index in [1.54, 1.807) is 0 Å². The van der Waals surface area contributed by atoms with Crippen LogP contribution in [0.2, 0.25) is 0 Å². The summed E-state index contributed by atoms with van der Waals surface area (Å²) in [5.74, 6) is 3.58. The SMILES string of the molecule is NC(=O)CNC1CC2CC1C1CCCC21. The molecule has 3 N–H and O–H groups in total. The van der Waals surface area contributed by atoms with Crippen LogP contribution in [0.3, 0.4) is 0 Å². The van der Waals surface area contributed by atoms with Crippen LogP contribution in [-0.2, 0) is 4.79 Å². The third kappa shape index (κ3) is 1.48. The highest BCUT2D eigenvalue weighted by Crippen LogP contribution is 2.58. The van der Waals surface area contributed by atoms with Crippen molar-refractivity contribution in [3.8, 4) is 0 Å². The van der Waals surface area contributed by atoms with Crippen molar-refractivity contribution in [1.29, 1.82) is 0 Å². The lowest BCUT2D eigenvalue weighted by atomic mass is 9.79. The minimum atomic E-state index is -0.222. The summed E-state index contributed by atoms with van der Waals surface area (Å²) in [4.78, 5) is 10.7. The molecule has 3 aliphatic rings. The maximum absolute atomic E-state index is 10.7. The van der Waals surface area contributed by atoms with Crippen molar-refractivity contribution in [3.63, 3.8) is 0 Å². The first-order chi connectivity index (χ1) is 7.25. The fourth-order valence-electron chi connectivity index (χ4n) is 4.53. The van der Waals surface area contributed by atoms with Crippen LogP contribution in [0.4, 0.5) is 0 Å². The van der Waals surface area contributed by atoms with E-state index in [0.29, 0.717) is 12.6 Å². The monoisotopic (exact) mass is 208 g/mol. The van der Waals surface area contributed by atoms with Gasteiger partial charge in [0.1, 0.15) is 0 Å². The van der Waals surface area contributed by atoms with Gasteiger partial charge >= 0.3 is 0 Å². The van der Waals surface area contributed by atoms with Crippen molar-refractivity contribution < 1.29 is 4.79 Å². The van der Waals surface area contributed by atoms with Gasteiger partial charge in [-0.15, -0.1) is 0 Å². The molecule has 0 heterocycles. The quantitative estimate of drug-likeness (QED) is 0.723. The summed E-state index contributed by atoms with van der Waals surface area (Å²) < 4.78 is 0. The molecule has 3 heteroatoms. The largest absolute Gasteiger partial charge is 0.369 e. The highest BCUT2D eigenvalue weighted by molar-refractivity contribution is 5.75. The molecule has 2 bridgehead atoms. The summed E-state index contributed by atoms with van der Waals surface area (Å²) in [5, 5.41) is 3.35. The fraction of sp³-hybridized carbons (Fsp3) is 0.917. The molecule has 3 rings (SSSR count). The van der Waals surface area contributed by atoms with Gasteiger partial charge in [-0.2, -0.15) is 0 Å². The number of nitrogens with one attached hydrogen (secondary N) is 1. The molecular weight excluding hydrogens is 188 g/mol. The van der Waals surface area contributed by atoms with Crippen molar-refractivity contribution in [2.75, 3.05) is 6.54 Å². The van der Waals surface area contributed by atoms with Crippen LogP contribution in [0.25, 0.3) is 0 Å². The summed E-state index contributed by atoms with van der Waals surface area (Å²) in [5.41, 5.74) is 5.17. The van der Waals surface area contributed by atoms with Gasteiger partial charge in [-0.3, -0.25) is 4.79 Å². The fourth-order valence-corrected chi connectivity index (χ4v) is 4.53. The molecule has 1 amide bonds. The Morgan fingerprint density at radius 2 is 2.00 bits per heavy atom. The van der Waals surface area contributed by atoms with Crippen LogP contribution < -0.4 is 11.1 Å². The Morgan fingerprint density at radius 1 is 1.20 bits per heavy atom. The highest BCUT2D eigenvalue weighted by Gasteiger charge is 2.53. The van der Waals surface area contributed by atoms with Crippen LogP contribution in [0.5, 0.6) is 0 Å². The number of rotatable bonds is 3. The number of primary amides is 1. The summed E-state index contributed by atoms with van der Waals surface area (Å²) in [6, 6.07) is 0.585. The Kier molecular flexibility index (Phi) is 2.23. The van der Waals surface area contributed by atoms with Gasteiger partial charge in [0.25, 0.3) is 0 Å². The molecule has 3 fully saturated rings. The second-order valence-corrected chi connectivity index (χ2v) is 5.61. The Labute approximate surface area is 90.8 Å². The number of amides is 1. The van der Waals surface area contributed by atoms with E-state index in [0.717, 1.165) is 23.7 Å². The van der Waals surface area contributed by atoms with Gasteiger partial charge in [0.2, 0.25) is 5.91 Å². The van der Waals surface area contributed by atoms with Gasteiger partial charge in [0.05, 0.1) is 6.54 Å². The van der Waals surface area contributed by atoms with E-state index in [1.165, 1.54) is 32.1 Å². The zero-order chi connectivity index (χ0) is 10.4. The smallest absolute Gasteiger partial charge is 0.231 e. The number of hydrogen-bond donors (Lipinski definition) is 2. The van der Waals surface area contributed by atoms with Crippen molar-refractivity contribution >= 4 is 5.91 Å². The molecule has 0 aromatic rings. The van der Waals surface area contributed by atoms with Crippen molar-refractivity contribution in [3.05, 3.63) is 0 Å². The molecule has 5 unspecified atom stereocenters. The first-order valence-corrected chi connectivity index (χ1v) is 6.27. The molecule has 84 valence electrons. The summed E-state index contributed by atoms with van der Waals surface area (Å²) in [6.45, 7) is 0.366. The maximum atomic E-state index is 10.7. The number of carbonyl (C=O) groups is 1. The van der Waals surface area contributed by atoms with Crippen molar-refractivity contribution in [1.82, 2.24) is 5.32 Å². The number of hydrogen-bond acceptors (Lipinski definition) is 2. The van der Waals surface area contributed by atoms with Crippen LogP contribution >= 0.6 is 0 Å². The van der Waals surface area contributed by atoms with Crippen LogP contribution in [0, 0.1) is 23.7 Å².